The third kappa shape index (κ3) is 3.26. The van der Waals surface area contributed by atoms with Gasteiger partial charge >= 0.3 is 11.4 Å². The van der Waals surface area contributed by atoms with Crippen LogP contribution in [0.2, 0.25) is 0 Å². The number of aromatic nitrogens is 4. The number of H-pyrrole nitrogens is 2. The molecule has 0 aromatic carbocycles. The van der Waals surface area contributed by atoms with Crippen LogP contribution in [0.5, 0.6) is 0 Å². The van der Waals surface area contributed by atoms with E-state index in [1.165, 1.54) is 21.5 Å². The topological polar surface area (TPSA) is 139 Å². The summed E-state index contributed by atoms with van der Waals surface area (Å²) in [5, 5.41) is 10.2. The molecule has 2 aromatic heterocycles. The average molecular weight is 350 g/mol. The van der Waals surface area contributed by atoms with Crippen molar-refractivity contribution in [1.29, 1.82) is 0 Å². The highest BCUT2D eigenvalue weighted by atomic mass is 16.5. The molecule has 3 heterocycles. The zero-order valence-electron chi connectivity index (χ0n) is 13.7. The molecule has 1 unspecified atom stereocenters. The van der Waals surface area contributed by atoms with Crippen LogP contribution in [0.25, 0.3) is 0 Å². The summed E-state index contributed by atoms with van der Waals surface area (Å²) in [6, 6.07) is 0. The summed E-state index contributed by atoms with van der Waals surface area (Å²) in [6.07, 6.45) is 0.476. The van der Waals surface area contributed by atoms with Crippen molar-refractivity contribution < 1.29 is 9.84 Å². The molecule has 1 aliphatic rings. The molecule has 10 heteroatoms. The van der Waals surface area contributed by atoms with Gasteiger partial charge in [-0.25, -0.2) is 9.59 Å². The van der Waals surface area contributed by atoms with E-state index >= 15 is 0 Å². The highest BCUT2D eigenvalue weighted by molar-refractivity contribution is 5.03. The van der Waals surface area contributed by atoms with Gasteiger partial charge in [0.1, 0.15) is 12.3 Å². The number of nitrogens with one attached hydrogen (secondary N) is 2. The van der Waals surface area contributed by atoms with Crippen LogP contribution in [0, 0.1) is 13.8 Å². The maximum atomic E-state index is 11.9. The van der Waals surface area contributed by atoms with E-state index in [0.29, 0.717) is 11.1 Å². The Labute approximate surface area is 140 Å². The molecule has 1 aliphatic heterocycles. The van der Waals surface area contributed by atoms with Gasteiger partial charge in [0.2, 0.25) is 0 Å². The largest absolute Gasteiger partial charge is 0.390 e. The lowest BCUT2D eigenvalue weighted by atomic mass is 10.1. The third-order valence-corrected chi connectivity index (χ3v) is 4.23. The van der Waals surface area contributed by atoms with Crippen LogP contribution in [0.3, 0.4) is 0 Å². The molecule has 3 N–H and O–H groups in total. The van der Waals surface area contributed by atoms with Gasteiger partial charge in [-0.05, 0) is 13.8 Å². The lowest BCUT2D eigenvalue weighted by Gasteiger charge is -2.17. The van der Waals surface area contributed by atoms with Crippen LogP contribution >= 0.6 is 0 Å². The van der Waals surface area contributed by atoms with Gasteiger partial charge in [-0.3, -0.25) is 28.7 Å². The van der Waals surface area contributed by atoms with E-state index in [0.717, 1.165) is 0 Å². The monoisotopic (exact) mass is 350 g/mol. The van der Waals surface area contributed by atoms with Crippen LogP contribution in [-0.2, 0) is 11.3 Å². The number of aliphatic hydroxyl groups excluding tert-OH is 1. The van der Waals surface area contributed by atoms with E-state index in [9.17, 15) is 24.3 Å². The molecule has 0 aliphatic carbocycles. The average Bonchev–Trinajstić information content (AvgIpc) is 2.89. The number of rotatable bonds is 3. The standard InChI is InChI=1S/C15H18N4O6/c1-7-4-18(14(23)16-12(7)21)6-10-9(20)3-11(25-10)19-5-8(2)13(22)17-15(19)24/h4-5,9-11,20H,3,6H2,1-2H3,(H,16,21,23)(H,17,22,24)/t9?,10-,11-/m1/s1. The molecule has 3 atom stereocenters. The van der Waals surface area contributed by atoms with Crippen LogP contribution in [0.4, 0.5) is 0 Å². The van der Waals surface area contributed by atoms with Crippen molar-refractivity contribution in [3.63, 3.8) is 0 Å². The Morgan fingerprint density at radius 3 is 2.36 bits per heavy atom. The van der Waals surface area contributed by atoms with E-state index < -0.39 is 40.9 Å². The summed E-state index contributed by atoms with van der Waals surface area (Å²) in [6.45, 7) is 3.14. The van der Waals surface area contributed by atoms with Gasteiger partial charge in [-0.15, -0.1) is 0 Å². The maximum Gasteiger partial charge on any atom is 0.330 e. The summed E-state index contributed by atoms with van der Waals surface area (Å²) in [5.74, 6) is 0. The maximum absolute atomic E-state index is 11.9. The molecule has 2 aromatic rings. The minimum atomic E-state index is -0.914. The van der Waals surface area contributed by atoms with Crippen LogP contribution < -0.4 is 22.5 Å². The summed E-state index contributed by atoms with van der Waals surface area (Å²) in [5.41, 5.74) is -1.49. The van der Waals surface area contributed by atoms with E-state index in [-0.39, 0.29) is 13.0 Å². The third-order valence-electron chi connectivity index (χ3n) is 4.23. The number of aromatic amines is 2. The first-order valence-corrected chi connectivity index (χ1v) is 7.72. The number of aliphatic hydroxyl groups is 1. The number of hydrogen-bond acceptors (Lipinski definition) is 6. The minimum absolute atomic E-state index is 0.0191. The minimum Gasteiger partial charge on any atom is -0.390 e. The summed E-state index contributed by atoms with van der Waals surface area (Å²) < 4.78 is 8.16. The number of aryl methyl sites for hydroxylation is 2. The van der Waals surface area contributed by atoms with E-state index in [1.54, 1.807) is 13.8 Å². The summed E-state index contributed by atoms with van der Waals surface area (Å²) in [7, 11) is 0. The molecular weight excluding hydrogens is 332 g/mol. The quantitative estimate of drug-likeness (QED) is 0.606. The Bertz CT molecular complexity index is 1030. The zero-order valence-corrected chi connectivity index (χ0v) is 13.7. The van der Waals surface area contributed by atoms with E-state index in [1.807, 2.05) is 0 Å². The lowest BCUT2D eigenvalue weighted by molar-refractivity contribution is -0.0290. The molecule has 25 heavy (non-hydrogen) atoms. The van der Waals surface area contributed by atoms with Crippen molar-refractivity contribution in [1.82, 2.24) is 19.1 Å². The Balaban J connectivity index is 1.85. The molecule has 3 rings (SSSR count). The molecule has 134 valence electrons. The van der Waals surface area contributed by atoms with Crippen molar-refractivity contribution in [2.75, 3.05) is 0 Å². The molecule has 1 saturated heterocycles. The van der Waals surface area contributed by atoms with Gasteiger partial charge in [0, 0.05) is 29.9 Å². The Kier molecular flexibility index (Phi) is 4.31. The second kappa shape index (κ2) is 6.30. The van der Waals surface area contributed by atoms with Gasteiger partial charge in [-0.1, -0.05) is 0 Å². The van der Waals surface area contributed by atoms with Crippen LogP contribution in [0.1, 0.15) is 23.8 Å². The van der Waals surface area contributed by atoms with Crippen molar-refractivity contribution in [2.45, 2.75) is 45.2 Å². The number of ether oxygens (including phenoxy) is 1. The normalized spacial score (nSPS) is 23.1. The fourth-order valence-corrected chi connectivity index (χ4v) is 2.80. The van der Waals surface area contributed by atoms with Gasteiger partial charge in [0.15, 0.2) is 0 Å². The van der Waals surface area contributed by atoms with E-state index in [2.05, 4.69) is 9.97 Å². The molecule has 10 nitrogen and oxygen atoms in total. The molecule has 0 amide bonds. The first kappa shape index (κ1) is 17.1. The van der Waals surface area contributed by atoms with Gasteiger partial charge in [-0.2, -0.15) is 0 Å². The Morgan fingerprint density at radius 2 is 1.68 bits per heavy atom. The van der Waals surface area contributed by atoms with Crippen LogP contribution in [0.15, 0.2) is 31.6 Å². The van der Waals surface area contributed by atoms with Gasteiger partial charge in [0.25, 0.3) is 11.1 Å². The predicted molar refractivity (Wildman–Crippen MR) is 86.7 cm³/mol. The Morgan fingerprint density at radius 1 is 1.08 bits per heavy atom. The highest BCUT2D eigenvalue weighted by Gasteiger charge is 2.36. The predicted octanol–water partition coefficient (Wildman–Crippen LogP) is -1.65. The summed E-state index contributed by atoms with van der Waals surface area (Å²) in [4.78, 5) is 51.0. The lowest BCUT2D eigenvalue weighted by Crippen LogP contribution is -2.36. The Hall–Kier alpha value is -2.72. The van der Waals surface area contributed by atoms with Crippen molar-refractivity contribution in [3.05, 3.63) is 65.2 Å². The van der Waals surface area contributed by atoms with Gasteiger partial charge in [0.05, 0.1) is 12.6 Å². The molecule has 0 bridgehead atoms. The zero-order chi connectivity index (χ0) is 18.3. The number of nitrogens with zero attached hydrogens (tertiary/aromatic N) is 2. The second-order valence-corrected chi connectivity index (χ2v) is 6.13. The summed E-state index contributed by atoms with van der Waals surface area (Å²) >= 11 is 0. The number of hydrogen-bond donors (Lipinski definition) is 3. The smallest absolute Gasteiger partial charge is 0.330 e. The fraction of sp³-hybridized carbons (Fsp3) is 0.467. The fourth-order valence-electron chi connectivity index (χ4n) is 2.80. The van der Waals surface area contributed by atoms with Gasteiger partial charge < -0.3 is 9.84 Å². The van der Waals surface area contributed by atoms with Crippen molar-refractivity contribution >= 4 is 0 Å². The second-order valence-electron chi connectivity index (χ2n) is 6.13. The SMILES string of the molecule is Cc1cn(C[C@H]2O[C@@H](n3cc(C)c(=O)[nH]c3=O)CC2O)c(=O)[nH]c1=O. The molecular formula is C15H18N4O6. The first-order chi connectivity index (χ1) is 11.8. The molecule has 0 saturated carbocycles. The molecule has 1 fully saturated rings. The van der Waals surface area contributed by atoms with Crippen molar-refractivity contribution in [2.24, 2.45) is 0 Å². The van der Waals surface area contributed by atoms with Crippen molar-refractivity contribution in [3.8, 4) is 0 Å². The molecule has 0 radical (unpaired) electrons. The van der Waals surface area contributed by atoms with E-state index in [4.69, 9.17) is 4.74 Å². The molecule has 0 spiro atoms. The first-order valence-electron chi connectivity index (χ1n) is 7.72. The highest BCUT2D eigenvalue weighted by Crippen LogP contribution is 2.28. The van der Waals surface area contributed by atoms with Crippen LogP contribution in [-0.4, -0.2) is 36.4 Å².